The Labute approximate surface area is 115 Å². The van der Waals surface area contributed by atoms with Crippen molar-refractivity contribution < 1.29 is 13.2 Å². The Bertz CT molecular complexity index is 559. The summed E-state index contributed by atoms with van der Waals surface area (Å²) >= 11 is 0. The topological polar surface area (TPSA) is 25.8 Å². The Balaban J connectivity index is 2.27. The fourth-order valence-corrected chi connectivity index (χ4v) is 1.87. The van der Waals surface area contributed by atoms with Gasteiger partial charge in [-0.15, -0.1) is 0 Å². The first-order valence-corrected chi connectivity index (χ1v) is 6.51. The average molecular weight is 280 g/mol. The van der Waals surface area contributed by atoms with E-state index in [-0.39, 0.29) is 11.4 Å². The highest BCUT2D eigenvalue weighted by Gasteiger charge is 2.13. The molecule has 2 aromatic rings. The van der Waals surface area contributed by atoms with Crippen LogP contribution in [0.4, 0.5) is 13.2 Å². The van der Waals surface area contributed by atoms with Gasteiger partial charge in [0.1, 0.15) is 18.3 Å². The van der Waals surface area contributed by atoms with Gasteiger partial charge in [-0.2, -0.15) is 0 Å². The molecule has 0 saturated heterocycles. The summed E-state index contributed by atoms with van der Waals surface area (Å²) in [5.74, 6) is -1.60. The number of aromatic nitrogens is 2. The van der Waals surface area contributed by atoms with Crippen molar-refractivity contribution in [2.45, 2.75) is 32.9 Å². The molecule has 0 bridgehead atoms. The van der Waals surface area contributed by atoms with Gasteiger partial charge in [-0.25, -0.2) is 23.1 Å². The molecule has 5 heteroatoms. The Morgan fingerprint density at radius 2 is 1.65 bits per heavy atom. The van der Waals surface area contributed by atoms with Crippen LogP contribution in [0.3, 0.4) is 0 Å². The average Bonchev–Trinajstić information content (AvgIpc) is 2.45. The lowest BCUT2D eigenvalue weighted by molar-refractivity contribution is 0.440. The number of rotatable bonds is 5. The molecule has 0 saturated carbocycles. The van der Waals surface area contributed by atoms with E-state index in [1.54, 1.807) is 12.4 Å². The molecule has 1 aromatic carbocycles. The summed E-state index contributed by atoms with van der Waals surface area (Å²) in [6.07, 6.45) is 6.29. The number of benzene rings is 1. The van der Waals surface area contributed by atoms with E-state index < -0.39 is 23.9 Å². The summed E-state index contributed by atoms with van der Waals surface area (Å²) in [5, 5.41) is 0. The van der Waals surface area contributed by atoms with Crippen molar-refractivity contribution in [3.63, 3.8) is 0 Å². The normalized spacial score (nSPS) is 10.8. The number of unbranched alkanes of at least 4 members (excludes halogenated alkanes) is 1. The van der Waals surface area contributed by atoms with Crippen molar-refractivity contribution in [1.29, 1.82) is 0 Å². The van der Waals surface area contributed by atoms with E-state index in [4.69, 9.17) is 0 Å². The zero-order chi connectivity index (χ0) is 14.5. The highest BCUT2D eigenvalue weighted by Crippen LogP contribution is 2.22. The summed E-state index contributed by atoms with van der Waals surface area (Å²) in [6, 6.07) is 2.11. The fourth-order valence-electron chi connectivity index (χ4n) is 1.87. The minimum Gasteiger partial charge on any atom is -0.246 e. The van der Waals surface area contributed by atoms with Gasteiger partial charge in [-0.1, -0.05) is 13.3 Å². The van der Waals surface area contributed by atoms with E-state index in [0.717, 1.165) is 37.0 Å². The van der Waals surface area contributed by atoms with Crippen LogP contribution < -0.4 is 0 Å². The minimum atomic E-state index is -1.17. The maximum atomic E-state index is 13.5. The second-order valence-electron chi connectivity index (χ2n) is 4.57. The van der Waals surface area contributed by atoms with Gasteiger partial charge in [0.15, 0.2) is 5.82 Å². The van der Waals surface area contributed by atoms with Crippen molar-refractivity contribution in [3.8, 4) is 11.4 Å². The molecule has 0 radical (unpaired) electrons. The van der Waals surface area contributed by atoms with Gasteiger partial charge >= 0.3 is 0 Å². The predicted octanol–water partition coefficient (Wildman–Crippen LogP) is 4.23. The van der Waals surface area contributed by atoms with Gasteiger partial charge < -0.3 is 0 Å². The standard InChI is InChI=1S/C15H15F3N2/c1-2-3-4-10-8-19-15(20-9-10)11-5-13(17)12(7-16)14(18)6-11/h5-6,8-9H,2-4,7H2,1H3. The maximum Gasteiger partial charge on any atom is 0.159 e. The number of nitrogens with zero attached hydrogens (tertiary/aromatic N) is 2. The van der Waals surface area contributed by atoms with E-state index >= 15 is 0 Å². The summed E-state index contributed by atoms with van der Waals surface area (Å²) in [5.41, 5.74) is 0.629. The lowest BCUT2D eigenvalue weighted by atomic mass is 10.1. The number of hydrogen-bond acceptors (Lipinski definition) is 2. The number of halogens is 3. The monoisotopic (exact) mass is 280 g/mol. The molecule has 0 N–H and O–H groups in total. The first kappa shape index (κ1) is 14.5. The van der Waals surface area contributed by atoms with Crippen LogP contribution in [0, 0.1) is 11.6 Å². The summed E-state index contributed by atoms with van der Waals surface area (Å²) in [6.45, 7) is 0.919. The van der Waals surface area contributed by atoms with E-state index in [9.17, 15) is 13.2 Å². The van der Waals surface area contributed by atoms with Crippen molar-refractivity contribution in [2.24, 2.45) is 0 Å². The molecule has 0 atom stereocenters. The molecule has 2 nitrogen and oxygen atoms in total. The molecule has 20 heavy (non-hydrogen) atoms. The Hall–Kier alpha value is -1.91. The van der Waals surface area contributed by atoms with Crippen LogP contribution in [0.5, 0.6) is 0 Å². The van der Waals surface area contributed by atoms with E-state index in [0.29, 0.717) is 0 Å². The van der Waals surface area contributed by atoms with Crippen molar-refractivity contribution in [1.82, 2.24) is 9.97 Å². The lowest BCUT2D eigenvalue weighted by Gasteiger charge is -2.05. The van der Waals surface area contributed by atoms with Crippen LogP contribution >= 0.6 is 0 Å². The Morgan fingerprint density at radius 3 is 2.15 bits per heavy atom. The Kier molecular flexibility index (Phi) is 4.71. The molecule has 0 aliphatic carbocycles. The SMILES string of the molecule is CCCCc1cnc(-c2cc(F)c(CF)c(F)c2)nc1. The highest BCUT2D eigenvalue weighted by atomic mass is 19.1. The fraction of sp³-hybridized carbons (Fsp3) is 0.333. The van der Waals surface area contributed by atoms with Crippen LogP contribution in [0.2, 0.25) is 0 Å². The first-order chi connectivity index (χ1) is 9.65. The summed E-state index contributed by atoms with van der Waals surface area (Å²) in [7, 11) is 0. The van der Waals surface area contributed by atoms with Crippen molar-refractivity contribution in [3.05, 3.63) is 47.3 Å². The molecule has 0 aliphatic heterocycles. The molecule has 0 aliphatic rings. The second kappa shape index (κ2) is 6.50. The number of alkyl halides is 1. The molecule has 0 spiro atoms. The molecule has 0 amide bonds. The molecule has 2 rings (SSSR count). The van der Waals surface area contributed by atoms with Crippen LogP contribution in [0.1, 0.15) is 30.9 Å². The molecular weight excluding hydrogens is 265 g/mol. The van der Waals surface area contributed by atoms with Gasteiger partial charge in [-0.05, 0) is 30.5 Å². The van der Waals surface area contributed by atoms with Gasteiger partial charge in [0.25, 0.3) is 0 Å². The van der Waals surface area contributed by atoms with Crippen LogP contribution in [0.15, 0.2) is 24.5 Å². The predicted molar refractivity (Wildman–Crippen MR) is 70.8 cm³/mol. The molecule has 1 aromatic heterocycles. The van der Waals surface area contributed by atoms with Gasteiger partial charge in [-0.3, -0.25) is 0 Å². The van der Waals surface area contributed by atoms with Gasteiger partial charge in [0.05, 0.1) is 5.56 Å². The third-order valence-electron chi connectivity index (χ3n) is 3.06. The lowest BCUT2D eigenvalue weighted by Crippen LogP contribution is -1.97. The van der Waals surface area contributed by atoms with E-state index in [1.165, 1.54) is 0 Å². The second-order valence-corrected chi connectivity index (χ2v) is 4.57. The van der Waals surface area contributed by atoms with Crippen molar-refractivity contribution >= 4 is 0 Å². The van der Waals surface area contributed by atoms with Gasteiger partial charge in [0.2, 0.25) is 0 Å². The number of hydrogen-bond donors (Lipinski definition) is 0. The van der Waals surface area contributed by atoms with Crippen molar-refractivity contribution in [2.75, 3.05) is 0 Å². The zero-order valence-electron chi connectivity index (χ0n) is 11.2. The smallest absolute Gasteiger partial charge is 0.159 e. The zero-order valence-corrected chi connectivity index (χ0v) is 11.2. The third kappa shape index (κ3) is 3.15. The Morgan fingerprint density at radius 1 is 1.05 bits per heavy atom. The maximum absolute atomic E-state index is 13.5. The third-order valence-corrected chi connectivity index (χ3v) is 3.06. The largest absolute Gasteiger partial charge is 0.246 e. The quantitative estimate of drug-likeness (QED) is 0.819. The molecule has 106 valence electrons. The van der Waals surface area contributed by atoms with E-state index in [2.05, 4.69) is 16.9 Å². The molecular formula is C15H15F3N2. The molecule has 0 fully saturated rings. The first-order valence-electron chi connectivity index (χ1n) is 6.51. The van der Waals surface area contributed by atoms with Crippen LogP contribution in [-0.4, -0.2) is 9.97 Å². The molecule has 1 heterocycles. The molecule has 0 unspecified atom stereocenters. The van der Waals surface area contributed by atoms with Gasteiger partial charge in [0, 0.05) is 18.0 Å². The summed E-state index contributed by atoms with van der Waals surface area (Å²) < 4.78 is 39.5. The highest BCUT2D eigenvalue weighted by molar-refractivity contribution is 5.55. The van der Waals surface area contributed by atoms with Crippen LogP contribution in [-0.2, 0) is 13.1 Å². The minimum absolute atomic E-state index is 0.208. The van der Waals surface area contributed by atoms with Crippen LogP contribution in [0.25, 0.3) is 11.4 Å². The van der Waals surface area contributed by atoms with E-state index in [1.807, 2.05) is 0 Å². The summed E-state index contributed by atoms with van der Waals surface area (Å²) in [4.78, 5) is 8.20. The number of aryl methyl sites for hydroxylation is 1.